The van der Waals surface area contributed by atoms with E-state index in [2.05, 4.69) is 38.4 Å². The summed E-state index contributed by atoms with van der Waals surface area (Å²) in [7, 11) is 0. The number of aromatic nitrogens is 1. The molecule has 1 heterocycles. The van der Waals surface area contributed by atoms with E-state index in [1.54, 1.807) is 0 Å². The third-order valence-corrected chi connectivity index (χ3v) is 1.80. The number of hydrogen-bond acceptors (Lipinski definition) is 0. The number of halogens is 2. The molecule has 0 saturated carbocycles. The molecule has 0 aliphatic rings. The van der Waals surface area contributed by atoms with Crippen LogP contribution >= 0.6 is 0 Å². The van der Waals surface area contributed by atoms with Crippen LogP contribution in [0.3, 0.4) is 0 Å². The molecule has 4 heteroatoms. The van der Waals surface area contributed by atoms with Gasteiger partial charge in [0.2, 0.25) is 0 Å². The normalized spacial score (nSPS) is 7.44. The van der Waals surface area contributed by atoms with E-state index in [-0.39, 0.29) is 24.8 Å². The summed E-state index contributed by atoms with van der Waals surface area (Å²) in [4.78, 5) is 3.07. The molecule has 1 aromatic heterocycles. The average molecular weight is 199 g/mol. The summed E-state index contributed by atoms with van der Waals surface area (Å²) in [5, 5.41) is 0. The molecule has 0 fully saturated rings. The molecule has 49 valence electrons. The van der Waals surface area contributed by atoms with Crippen molar-refractivity contribution < 1.29 is 45.2 Å². The van der Waals surface area contributed by atoms with Gasteiger partial charge in [0.15, 0.2) is 0 Å². The summed E-state index contributed by atoms with van der Waals surface area (Å²) in [5.41, 5.74) is 1.33. The van der Waals surface area contributed by atoms with Crippen LogP contribution < -0.4 is 28.8 Å². The van der Waals surface area contributed by atoms with Crippen molar-refractivity contribution in [2.24, 2.45) is 0 Å². The molecule has 1 rings (SSSR count). The van der Waals surface area contributed by atoms with Gasteiger partial charge < -0.3 is 24.8 Å². The Bertz CT molecular complexity index is 147. The minimum absolute atomic E-state index is 0. The van der Waals surface area contributed by atoms with Crippen molar-refractivity contribution in [1.29, 1.82) is 0 Å². The Hall–Kier alpha value is 0.574. The second kappa shape index (κ2) is 5.37. The number of nitrogens with one attached hydrogen (secondary N) is 1. The monoisotopic (exact) mass is 198 g/mol. The summed E-state index contributed by atoms with van der Waals surface area (Å²) in [6, 6.07) is 2.06. The van der Waals surface area contributed by atoms with Gasteiger partial charge in [0, 0.05) is 0 Å². The first-order valence-corrected chi connectivity index (χ1v) is 2.94. The van der Waals surface area contributed by atoms with E-state index in [9.17, 15) is 0 Å². The molecule has 0 aliphatic carbocycles. The molecule has 0 saturated heterocycles. The van der Waals surface area contributed by atoms with Gasteiger partial charge in [-0.1, -0.05) is 0 Å². The van der Waals surface area contributed by atoms with Gasteiger partial charge in [-0.25, -0.2) is 0 Å². The Morgan fingerprint density at radius 2 is 2.00 bits per heavy atom. The standard InChI is InChI=1S/C5H6N.2ClH.Ti/c1-5-2-3-6-4-5;;;/h2-3,6H,1H3;2*1H;/q;;;+2/p-2. The van der Waals surface area contributed by atoms with Crippen LogP contribution in [0.5, 0.6) is 0 Å². The molecule has 0 amide bonds. The predicted molar refractivity (Wildman–Crippen MR) is 25.2 cm³/mol. The molecule has 0 aromatic carbocycles. The SMILES string of the molecule is Cc1cc[nH][c]1[Ti+2].[Cl-].[Cl-]. The first-order valence-electron chi connectivity index (χ1n) is 2.16. The smallest absolute Gasteiger partial charge is 1.00 e. The maximum Gasteiger partial charge on any atom is -1.00 e. The van der Waals surface area contributed by atoms with Gasteiger partial charge in [-0.05, 0) is 0 Å². The van der Waals surface area contributed by atoms with Gasteiger partial charge in [-0.2, -0.15) is 0 Å². The Kier molecular flexibility index (Phi) is 7.32. The molecule has 0 unspecified atom stereocenters. The van der Waals surface area contributed by atoms with E-state index in [0.717, 1.165) is 0 Å². The molecule has 1 nitrogen and oxygen atoms in total. The zero-order valence-electron chi connectivity index (χ0n) is 4.91. The number of rotatable bonds is 0. The molecular weight excluding hydrogens is 193 g/mol. The molecule has 1 aromatic rings. The second-order valence-corrected chi connectivity index (χ2v) is 2.32. The minimum Gasteiger partial charge on any atom is -1.00 e. The maximum absolute atomic E-state index is 3.07. The van der Waals surface area contributed by atoms with Crippen LogP contribution in [0.2, 0.25) is 0 Å². The van der Waals surface area contributed by atoms with Crippen LogP contribution in [0.25, 0.3) is 0 Å². The largest absolute Gasteiger partial charge is 1.00 e. The quantitative estimate of drug-likeness (QED) is 0.401. The van der Waals surface area contributed by atoms with Gasteiger partial charge in [0.25, 0.3) is 0 Å². The molecule has 0 bridgehead atoms. The van der Waals surface area contributed by atoms with Crippen LogP contribution in [0.4, 0.5) is 0 Å². The van der Waals surface area contributed by atoms with Crippen LogP contribution in [0, 0.1) is 6.92 Å². The fraction of sp³-hybridized carbons (Fsp3) is 0.200. The second-order valence-electron chi connectivity index (χ2n) is 1.54. The van der Waals surface area contributed by atoms with Crippen molar-refractivity contribution >= 4 is 4.00 Å². The molecule has 0 aliphatic heterocycles. The van der Waals surface area contributed by atoms with Gasteiger partial charge in [-0.15, -0.1) is 0 Å². The zero-order valence-corrected chi connectivity index (χ0v) is 7.98. The van der Waals surface area contributed by atoms with Crippen LogP contribution in [-0.4, -0.2) is 4.98 Å². The Labute approximate surface area is 78.8 Å². The molecule has 0 spiro atoms. The fourth-order valence-corrected chi connectivity index (χ4v) is 0.707. The number of aryl methyl sites for hydroxylation is 1. The fourth-order valence-electron chi connectivity index (χ4n) is 0.447. The summed E-state index contributed by atoms with van der Waals surface area (Å²) in [5.74, 6) is 0. The Morgan fingerprint density at radius 3 is 2.11 bits per heavy atom. The third kappa shape index (κ3) is 3.31. The molecule has 1 N–H and O–H groups in total. The summed E-state index contributed by atoms with van der Waals surface area (Å²) < 4.78 is 1.26. The Morgan fingerprint density at radius 1 is 1.44 bits per heavy atom. The molecule has 0 atom stereocenters. The van der Waals surface area contributed by atoms with Gasteiger partial charge in [0.05, 0.1) is 0 Å². The zero-order chi connectivity index (χ0) is 5.28. The van der Waals surface area contributed by atoms with Crippen molar-refractivity contribution in [2.75, 3.05) is 0 Å². The maximum atomic E-state index is 3.07. The van der Waals surface area contributed by atoms with E-state index in [1.165, 1.54) is 9.56 Å². The van der Waals surface area contributed by atoms with E-state index in [4.69, 9.17) is 0 Å². The van der Waals surface area contributed by atoms with Gasteiger partial charge >= 0.3 is 54.2 Å². The summed E-state index contributed by atoms with van der Waals surface area (Å²) in [6.07, 6.45) is 1.95. The Balaban J connectivity index is 0. The first kappa shape index (κ1) is 12.3. The molecule has 9 heavy (non-hydrogen) atoms. The number of hydrogen-bond donors (Lipinski definition) is 1. The van der Waals surface area contributed by atoms with Crippen molar-refractivity contribution in [1.82, 2.24) is 4.98 Å². The third-order valence-electron chi connectivity index (χ3n) is 0.955. The summed E-state index contributed by atoms with van der Waals surface area (Å²) in [6.45, 7) is 2.09. The van der Waals surface area contributed by atoms with E-state index in [0.29, 0.717) is 0 Å². The van der Waals surface area contributed by atoms with E-state index >= 15 is 0 Å². The van der Waals surface area contributed by atoms with Crippen molar-refractivity contribution in [2.45, 2.75) is 6.92 Å². The van der Waals surface area contributed by atoms with Crippen molar-refractivity contribution in [3.05, 3.63) is 17.8 Å². The van der Waals surface area contributed by atoms with Gasteiger partial charge in [-0.3, -0.25) is 0 Å². The number of H-pyrrole nitrogens is 1. The summed E-state index contributed by atoms with van der Waals surface area (Å²) >= 11 is 2.06. The van der Waals surface area contributed by atoms with Crippen LogP contribution in [-0.2, 0) is 20.4 Å². The van der Waals surface area contributed by atoms with E-state index in [1.807, 2.05) is 6.20 Å². The van der Waals surface area contributed by atoms with Crippen molar-refractivity contribution in [3.63, 3.8) is 0 Å². The van der Waals surface area contributed by atoms with Crippen LogP contribution in [0.1, 0.15) is 5.56 Å². The molecule has 0 radical (unpaired) electrons. The number of aromatic amines is 1. The minimum atomic E-state index is 0. The van der Waals surface area contributed by atoms with Crippen LogP contribution in [0.15, 0.2) is 12.3 Å². The topological polar surface area (TPSA) is 15.8 Å². The molecular formula is C5H6Cl2NTi. The average Bonchev–Trinajstić information content (AvgIpc) is 1.91. The first-order chi connectivity index (χ1) is 3.30. The predicted octanol–water partition coefficient (Wildman–Crippen LogP) is -5.50. The van der Waals surface area contributed by atoms with Gasteiger partial charge in [0.1, 0.15) is 0 Å². The van der Waals surface area contributed by atoms with E-state index < -0.39 is 0 Å². The van der Waals surface area contributed by atoms with Crippen molar-refractivity contribution in [3.8, 4) is 0 Å².